The van der Waals surface area contributed by atoms with Gasteiger partial charge in [-0.2, -0.15) is 0 Å². The van der Waals surface area contributed by atoms with Crippen molar-refractivity contribution < 1.29 is 4.39 Å². The molecule has 0 heterocycles. The van der Waals surface area contributed by atoms with Gasteiger partial charge in [-0.3, -0.25) is 0 Å². The van der Waals surface area contributed by atoms with E-state index in [0.29, 0.717) is 17.6 Å². The molecule has 1 N–H and O–H groups in total. The Balaban J connectivity index is 2.07. The van der Waals surface area contributed by atoms with Crippen LogP contribution in [0, 0.1) is 18.7 Å². The SMILES string of the molecule is Cc1ccc(NC2CCCCC2C)c(F)c1. The average molecular weight is 221 g/mol. The van der Waals surface area contributed by atoms with E-state index in [2.05, 4.69) is 12.2 Å². The van der Waals surface area contributed by atoms with Gasteiger partial charge in [0.2, 0.25) is 0 Å². The third-order valence-electron chi connectivity index (χ3n) is 3.58. The fraction of sp³-hybridized carbons (Fsp3) is 0.571. The third-order valence-corrected chi connectivity index (χ3v) is 3.58. The number of hydrogen-bond donors (Lipinski definition) is 1. The first kappa shape index (κ1) is 11.4. The largest absolute Gasteiger partial charge is 0.380 e. The molecule has 2 heteroatoms. The number of benzene rings is 1. The van der Waals surface area contributed by atoms with Crippen molar-refractivity contribution in [2.24, 2.45) is 5.92 Å². The highest BCUT2D eigenvalue weighted by Crippen LogP contribution is 2.27. The van der Waals surface area contributed by atoms with Crippen molar-refractivity contribution in [3.05, 3.63) is 29.6 Å². The number of aryl methyl sites for hydroxylation is 1. The predicted octanol–water partition coefficient (Wildman–Crippen LogP) is 4.12. The summed E-state index contributed by atoms with van der Waals surface area (Å²) in [5.41, 5.74) is 1.63. The first-order valence-electron chi connectivity index (χ1n) is 6.19. The minimum atomic E-state index is -0.127. The highest BCUT2D eigenvalue weighted by atomic mass is 19.1. The monoisotopic (exact) mass is 221 g/mol. The minimum Gasteiger partial charge on any atom is -0.380 e. The molecule has 0 spiro atoms. The summed E-state index contributed by atoms with van der Waals surface area (Å²) >= 11 is 0. The van der Waals surface area contributed by atoms with E-state index in [9.17, 15) is 4.39 Å². The lowest BCUT2D eigenvalue weighted by atomic mass is 9.86. The number of anilines is 1. The molecule has 0 radical (unpaired) electrons. The summed E-state index contributed by atoms with van der Waals surface area (Å²) in [6.45, 7) is 4.17. The van der Waals surface area contributed by atoms with Gasteiger partial charge in [0.05, 0.1) is 5.69 Å². The van der Waals surface area contributed by atoms with Crippen LogP contribution in [-0.2, 0) is 0 Å². The van der Waals surface area contributed by atoms with Crippen molar-refractivity contribution in [2.45, 2.75) is 45.6 Å². The molecule has 88 valence electrons. The summed E-state index contributed by atoms with van der Waals surface area (Å²) in [5.74, 6) is 0.521. The maximum atomic E-state index is 13.7. The Bertz CT molecular complexity index is 362. The molecule has 1 aliphatic rings. The zero-order valence-electron chi connectivity index (χ0n) is 10.1. The van der Waals surface area contributed by atoms with Gasteiger partial charge >= 0.3 is 0 Å². The standard InChI is InChI=1S/C14H20FN/c1-10-7-8-14(12(15)9-10)16-13-6-4-3-5-11(13)2/h7-9,11,13,16H,3-6H2,1-2H3. The van der Waals surface area contributed by atoms with Crippen LogP contribution in [0.4, 0.5) is 10.1 Å². The topological polar surface area (TPSA) is 12.0 Å². The summed E-state index contributed by atoms with van der Waals surface area (Å²) in [5, 5.41) is 3.35. The maximum absolute atomic E-state index is 13.7. The molecule has 2 unspecified atom stereocenters. The Hall–Kier alpha value is -1.05. The van der Waals surface area contributed by atoms with Gasteiger partial charge in [-0.25, -0.2) is 4.39 Å². The third kappa shape index (κ3) is 2.55. The van der Waals surface area contributed by atoms with Gasteiger partial charge in [-0.05, 0) is 43.4 Å². The van der Waals surface area contributed by atoms with E-state index in [4.69, 9.17) is 0 Å². The van der Waals surface area contributed by atoms with Crippen LogP contribution >= 0.6 is 0 Å². The second kappa shape index (κ2) is 4.86. The Morgan fingerprint density at radius 1 is 1.25 bits per heavy atom. The van der Waals surface area contributed by atoms with E-state index in [1.54, 1.807) is 6.07 Å². The van der Waals surface area contributed by atoms with Crippen LogP contribution < -0.4 is 5.32 Å². The number of nitrogens with one attached hydrogen (secondary N) is 1. The van der Waals surface area contributed by atoms with E-state index in [-0.39, 0.29) is 5.82 Å². The second-order valence-corrected chi connectivity index (χ2v) is 5.00. The molecule has 0 saturated heterocycles. The van der Waals surface area contributed by atoms with Crippen molar-refractivity contribution in [1.29, 1.82) is 0 Å². The highest BCUT2D eigenvalue weighted by Gasteiger charge is 2.21. The Kier molecular flexibility index (Phi) is 3.47. The van der Waals surface area contributed by atoms with Gasteiger partial charge in [0.15, 0.2) is 0 Å². The lowest BCUT2D eigenvalue weighted by Crippen LogP contribution is -2.30. The fourth-order valence-corrected chi connectivity index (χ4v) is 2.47. The maximum Gasteiger partial charge on any atom is 0.146 e. The van der Waals surface area contributed by atoms with Crippen LogP contribution in [0.15, 0.2) is 18.2 Å². The van der Waals surface area contributed by atoms with E-state index in [1.165, 1.54) is 19.3 Å². The summed E-state index contributed by atoms with van der Waals surface area (Å²) in [6.07, 6.45) is 4.99. The van der Waals surface area contributed by atoms with Gasteiger partial charge in [-0.15, -0.1) is 0 Å². The minimum absolute atomic E-state index is 0.127. The quantitative estimate of drug-likeness (QED) is 0.792. The van der Waals surface area contributed by atoms with Crippen LogP contribution in [0.5, 0.6) is 0 Å². The van der Waals surface area contributed by atoms with Crippen molar-refractivity contribution >= 4 is 5.69 Å². The van der Waals surface area contributed by atoms with Gasteiger partial charge in [-0.1, -0.05) is 25.8 Å². The van der Waals surface area contributed by atoms with E-state index in [1.807, 2.05) is 19.1 Å². The highest BCUT2D eigenvalue weighted by molar-refractivity contribution is 5.47. The van der Waals surface area contributed by atoms with E-state index < -0.39 is 0 Å². The van der Waals surface area contributed by atoms with Gasteiger partial charge in [0.1, 0.15) is 5.82 Å². The molecule has 0 amide bonds. The van der Waals surface area contributed by atoms with E-state index in [0.717, 1.165) is 12.0 Å². The molecule has 2 atom stereocenters. The average Bonchev–Trinajstić information content (AvgIpc) is 2.25. The normalized spacial score (nSPS) is 25.4. The van der Waals surface area contributed by atoms with Crippen LogP contribution in [0.25, 0.3) is 0 Å². The van der Waals surface area contributed by atoms with Crippen molar-refractivity contribution in [1.82, 2.24) is 0 Å². The summed E-state index contributed by atoms with van der Waals surface area (Å²) < 4.78 is 13.7. The van der Waals surface area contributed by atoms with Crippen molar-refractivity contribution in [2.75, 3.05) is 5.32 Å². The zero-order chi connectivity index (χ0) is 11.5. The summed E-state index contributed by atoms with van der Waals surface area (Å²) in [7, 11) is 0. The molecule has 1 saturated carbocycles. The molecule has 1 aromatic carbocycles. The summed E-state index contributed by atoms with van der Waals surface area (Å²) in [6, 6.07) is 5.84. The van der Waals surface area contributed by atoms with Crippen LogP contribution in [-0.4, -0.2) is 6.04 Å². The Morgan fingerprint density at radius 3 is 2.69 bits per heavy atom. The molecule has 2 rings (SSSR count). The van der Waals surface area contributed by atoms with Crippen molar-refractivity contribution in [3.63, 3.8) is 0 Å². The number of halogens is 1. The van der Waals surface area contributed by atoms with Gasteiger partial charge < -0.3 is 5.32 Å². The van der Waals surface area contributed by atoms with Crippen LogP contribution in [0.2, 0.25) is 0 Å². The van der Waals surface area contributed by atoms with Gasteiger partial charge in [0.25, 0.3) is 0 Å². The fourth-order valence-electron chi connectivity index (χ4n) is 2.47. The van der Waals surface area contributed by atoms with Gasteiger partial charge in [0, 0.05) is 6.04 Å². The Morgan fingerprint density at radius 2 is 2.00 bits per heavy atom. The molecular weight excluding hydrogens is 201 g/mol. The molecule has 0 bridgehead atoms. The lowest BCUT2D eigenvalue weighted by Gasteiger charge is -2.30. The second-order valence-electron chi connectivity index (χ2n) is 5.00. The molecule has 1 fully saturated rings. The molecule has 1 aliphatic carbocycles. The van der Waals surface area contributed by atoms with Crippen LogP contribution in [0.1, 0.15) is 38.2 Å². The molecule has 1 nitrogen and oxygen atoms in total. The first-order valence-corrected chi connectivity index (χ1v) is 6.19. The van der Waals surface area contributed by atoms with Crippen LogP contribution in [0.3, 0.4) is 0 Å². The smallest absolute Gasteiger partial charge is 0.146 e. The molecule has 0 aliphatic heterocycles. The summed E-state index contributed by atoms with van der Waals surface area (Å²) in [4.78, 5) is 0. The Labute approximate surface area is 97.1 Å². The predicted molar refractivity (Wildman–Crippen MR) is 66.2 cm³/mol. The lowest BCUT2D eigenvalue weighted by molar-refractivity contribution is 0.348. The molecule has 0 aromatic heterocycles. The zero-order valence-corrected chi connectivity index (χ0v) is 10.1. The number of hydrogen-bond acceptors (Lipinski definition) is 1. The molecule has 16 heavy (non-hydrogen) atoms. The molecule has 1 aromatic rings. The van der Waals surface area contributed by atoms with E-state index >= 15 is 0 Å². The first-order chi connectivity index (χ1) is 7.66. The van der Waals surface area contributed by atoms with Crippen molar-refractivity contribution in [3.8, 4) is 0 Å². The molecular formula is C14H20FN. The number of rotatable bonds is 2.